The fraction of sp³-hybridized carbons (Fsp3) is 0.447. The van der Waals surface area contributed by atoms with Crippen LogP contribution in [0, 0.1) is 13.8 Å². The van der Waals surface area contributed by atoms with Crippen molar-refractivity contribution >= 4 is 11.9 Å². The zero-order chi connectivity index (χ0) is 39.8. The van der Waals surface area contributed by atoms with E-state index in [4.69, 9.17) is 18.9 Å². The molecule has 0 bridgehead atoms. The number of carbonyl (C=O) groups is 2. The van der Waals surface area contributed by atoms with E-state index in [2.05, 4.69) is 27.7 Å². The highest BCUT2D eigenvalue weighted by Crippen LogP contribution is 2.34. The predicted octanol–water partition coefficient (Wildman–Crippen LogP) is 9.84. The van der Waals surface area contributed by atoms with Crippen LogP contribution in [0.25, 0.3) is 0 Å². The molecule has 0 unspecified atom stereocenters. The van der Waals surface area contributed by atoms with Crippen molar-refractivity contribution in [3.8, 4) is 23.0 Å². The molecule has 296 valence electrons. The van der Waals surface area contributed by atoms with Crippen LogP contribution < -0.4 is 9.47 Å². The number of rotatable bonds is 22. The average molecular weight is 753 g/mol. The molecule has 0 amide bonds. The molecule has 4 aromatic carbocycles. The summed E-state index contributed by atoms with van der Waals surface area (Å²) in [6.45, 7) is 13.2. The Balaban J connectivity index is 1.14. The van der Waals surface area contributed by atoms with Crippen molar-refractivity contribution < 1.29 is 38.7 Å². The van der Waals surface area contributed by atoms with Crippen molar-refractivity contribution in [3.63, 3.8) is 0 Å². The Morgan fingerprint density at radius 1 is 0.564 bits per heavy atom. The number of esters is 2. The van der Waals surface area contributed by atoms with Gasteiger partial charge in [-0.25, -0.2) is 0 Å². The molecule has 0 spiro atoms. The van der Waals surface area contributed by atoms with Gasteiger partial charge in [0.1, 0.15) is 49.4 Å². The van der Waals surface area contributed by atoms with E-state index in [9.17, 15) is 19.8 Å². The maximum atomic E-state index is 12.4. The van der Waals surface area contributed by atoms with E-state index in [0.29, 0.717) is 35.8 Å². The molecule has 0 radical (unpaired) electrons. The van der Waals surface area contributed by atoms with Crippen molar-refractivity contribution in [2.45, 2.75) is 111 Å². The Bertz CT molecular complexity index is 1690. The Morgan fingerprint density at radius 2 is 0.945 bits per heavy atom. The largest absolute Gasteiger partial charge is 0.507 e. The van der Waals surface area contributed by atoms with E-state index in [1.165, 1.54) is 0 Å². The van der Waals surface area contributed by atoms with Gasteiger partial charge in [-0.3, -0.25) is 9.59 Å². The predicted molar refractivity (Wildman–Crippen MR) is 217 cm³/mol. The third kappa shape index (κ3) is 13.1. The molecule has 0 heterocycles. The highest BCUT2D eigenvalue weighted by molar-refractivity contribution is 5.70. The van der Waals surface area contributed by atoms with E-state index in [1.54, 1.807) is 0 Å². The molecule has 0 fully saturated rings. The molecule has 0 aliphatic heterocycles. The zero-order valence-electron chi connectivity index (χ0n) is 33.7. The third-order valence-corrected chi connectivity index (χ3v) is 10.1. The van der Waals surface area contributed by atoms with E-state index >= 15 is 0 Å². The number of hydrogen-bond donors (Lipinski definition) is 2. The lowest BCUT2D eigenvalue weighted by atomic mass is 9.78. The van der Waals surface area contributed by atoms with Gasteiger partial charge >= 0.3 is 11.9 Å². The summed E-state index contributed by atoms with van der Waals surface area (Å²) in [5.74, 6) is 1.57. The molecular weight excluding hydrogens is 693 g/mol. The smallest absolute Gasteiger partial charge is 0.306 e. The lowest BCUT2D eigenvalue weighted by molar-refractivity contribution is -0.145. The summed E-state index contributed by atoms with van der Waals surface area (Å²) in [5, 5.41) is 20.7. The van der Waals surface area contributed by atoms with Crippen molar-refractivity contribution in [3.05, 3.63) is 117 Å². The summed E-state index contributed by atoms with van der Waals surface area (Å²) in [6, 6.07) is 23.8. The van der Waals surface area contributed by atoms with Gasteiger partial charge in [-0.2, -0.15) is 0 Å². The molecule has 0 aliphatic carbocycles. The number of ether oxygens (including phenoxy) is 4. The van der Waals surface area contributed by atoms with Crippen molar-refractivity contribution in [1.82, 2.24) is 0 Å². The molecular formula is C47H60O8. The van der Waals surface area contributed by atoms with Crippen LogP contribution in [0.1, 0.15) is 111 Å². The second-order valence-electron chi connectivity index (χ2n) is 14.9. The lowest BCUT2D eigenvalue weighted by Crippen LogP contribution is -2.19. The van der Waals surface area contributed by atoms with Crippen LogP contribution in [0.4, 0.5) is 0 Å². The minimum Gasteiger partial charge on any atom is -0.507 e. The molecule has 4 rings (SSSR count). The number of phenolic OH excluding ortho intramolecular Hbond substituents is 2. The quantitative estimate of drug-likeness (QED) is 0.0603. The fourth-order valence-electron chi connectivity index (χ4n) is 6.64. The van der Waals surface area contributed by atoms with Gasteiger partial charge < -0.3 is 29.2 Å². The summed E-state index contributed by atoms with van der Waals surface area (Å²) in [4.78, 5) is 24.8. The number of hydrogen-bond acceptors (Lipinski definition) is 8. The first-order valence-corrected chi connectivity index (χ1v) is 19.8. The molecule has 0 atom stereocenters. The fourth-order valence-corrected chi connectivity index (χ4v) is 6.64. The zero-order valence-corrected chi connectivity index (χ0v) is 33.7. The number of aromatic hydroxyl groups is 2. The van der Waals surface area contributed by atoms with Gasteiger partial charge in [0.05, 0.1) is 0 Å². The second kappa shape index (κ2) is 21.2. The Morgan fingerprint density at radius 3 is 1.31 bits per heavy atom. The number of unbranched alkanes of at least 4 members (excludes halogenated alkanes) is 2. The number of carbonyl (C=O) groups excluding carboxylic acids is 2. The highest BCUT2D eigenvalue weighted by Gasteiger charge is 2.23. The van der Waals surface area contributed by atoms with Crippen molar-refractivity contribution in [2.75, 3.05) is 26.4 Å². The number of aryl methyl sites for hydroxylation is 6. The minimum atomic E-state index is -0.276. The molecule has 8 nitrogen and oxygen atoms in total. The third-order valence-electron chi connectivity index (χ3n) is 10.1. The normalized spacial score (nSPS) is 11.3. The van der Waals surface area contributed by atoms with Crippen LogP contribution >= 0.6 is 0 Å². The topological polar surface area (TPSA) is 112 Å². The molecule has 55 heavy (non-hydrogen) atoms. The molecule has 8 heteroatoms. The highest BCUT2D eigenvalue weighted by atomic mass is 16.6. The van der Waals surface area contributed by atoms with E-state index in [-0.39, 0.29) is 56.6 Å². The summed E-state index contributed by atoms with van der Waals surface area (Å²) in [7, 11) is 0. The summed E-state index contributed by atoms with van der Waals surface area (Å²) < 4.78 is 22.5. The number of phenols is 2. The maximum absolute atomic E-state index is 12.4. The monoisotopic (exact) mass is 752 g/mol. The maximum Gasteiger partial charge on any atom is 0.306 e. The van der Waals surface area contributed by atoms with Crippen LogP contribution in [0.15, 0.2) is 72.8 Å². The van der Waals surface area contributed by atoms with Gasteiger partial charge in [0, 0.05) is 18.3 Å². The molecule has 0 saturated carbocycles. The van der Waals surface area contributed by atoms with Gasteiger partial charge in [0.25, 0.3) is 0 Å². The standard InChI is InChI=1S/C47H60O8/c1-7-9-11-37-31-35(29-33(3)45(37)50)13-23-43(48)54-27-25-52-41-19-15-39(16-20-41)47(5,6)40-17-21-42(22-18-40)53-26-28-55-44(49)24-14-36-30-34(4)46(51)38(32-36)12-10-8-2/h15-22,29-32,50-51H,7-14,23-28H2,1-6H3. The van der Waals surface area contributed by atoms with E-state index < -0.39 is 0 Å². The van der Waals surface area contributed by atoms with Crippen LogP contribution in [0.3, 0.4) is 0 Å². The average Bonchev–Trinajstić information content (AvgIpc) is 3.18. The molecule has 2 N–H and O–H groups in total. The molecule has 4 aromatic rings. The van der Waals surface area contributed by atoms with Crippen LogP contribution in [0.2, 0.25) is 0 Å². The molecule has 0 aliphatic rings. The molecule has 0 aromatic heterocycles. The molecule has 0 saturated heterocycles. The summed E-state index contributed by atoms with van der Waals surface area (Å²) >= 11 is 0. The first-order valence-electron chi connectivity index (χ1n) is 19.8. The first kappa shape index (κ1) is 42.8. The Labute approximate surface area is 327 Å². The van der Waals surface area contributed by atoms with Crippen molar-refractivity contribution in [1.29, 1.82) is 0 Å². The van der Waals surface area contributed by atoms with E-state index in [0.717, 1.165) is 83.0 Å². The summed E-state index contributed by atoms with van der Waals surface area (Å²) in [5.41, 5.74) is 7.57. The van der Waals surface area contributed by atoms with Gasteiger partial charge in [0.15, 0.2) is 0 Å². The van der Waals surface area contributed by atoms with Gasteiger partial charge in [-0.05, 0) is 121 Å². The van der Waals surface area contributed by atoms with Gasteiger partial charge in [0.2, 0.25) is 0 Å². The minimum absolute atomic E-state index is 0.167. The van der Waals surface area contributed by atoms with Crippen LogP contribution in [-0.2, 0) is 50.2 Å². The Kier molecular flexibility index (Phi) is 16.5. The van der Waals surface area contributed by atoms with Gasteiger partial charge in [-0.15, -0.1) is 0 Å². The van der Waals surface area contributed by atoms with Crippen LogP contribution in [0.5, 0.6) is 23.0 Å². The lowest BCUT2D eigenvalue weighted by Gasteiger charge is -2.26. The van der Waals surface area contributed by atoms with E-state index in [1.807, 2.05) is 86.6 Å². The summed E-state index contributed by atoms with van der Waals surface area (Å²) in [6.07, 6.45) is 7.46. The first-order chi connectivity index (χ1) is 26.4. The second-order valence-corrected chi connectivity index (χ2v) is 14.9. The number of benzene rings is 4. The van der Waals surface area contributed by atoms with Crippen LogP contribution in [-0.4, -0.2) is 48.6 Å². The Hall–Kier alpha value is -4.98. The van der Waals surface area contributed by atoms with Gasteiger partial charge in [-0.1, -0.05) is 89.1 Å². The SMILES string of the molecule is CCCCc1cc(CCC(=O)OCCOc2ccc(C(C)(C)c3ccc(OCCOC(=O)CCc4cc(C)c(O)c(CCCC)c4)cc3)cc2)cc(C)c1O. The van der Waals surface area contributed by atoms with Crippen molar-refractivity contribution in [2.24, 2.45) is 0 Å².